The fraction of sp³-hybridized carbons (Fsp3) is 0.733. The lowest BCUT2D eigenvalue weighted by molar-refractivity contribution is 0.414. The third-order valence-corrected chi connectivity index (χ3v) is 3.92. The van der Waals surface area contributed by atoms with Crippen molar-refractivity contribution < 1.29 is 0 Å². The zero-order valence-electron chi connectivity index (χ0n) is 12.2. The van der Waals surface area contributed by atoms with Crippen LogP contribution < -0.4 is 10.6 Å². The van der Waals surface area contributed by atoms with Crippen molar-refractivity contribution in [2.75, 3.05) is 18.0 Å². The van der Waals surface area contributed by atoms with E-state index in [9.17, 15) is 0 Å². The highest BCUT2D eigenvalue weighted by atomic mass is 15.2. The van der Waals surface area contributed by atoms with E-state index >= 15 is 0 Å². The summed E-state index contributed by atoms with van der Waals surface area (Å²) in [6.07, 6.45) is 7.52. The molecule has 1 saturated carbocycles. The number of hydrogen-bond donors (Lipinski definition) is 1. The molecule has 0 atom stereocenters. The Labute approximate surface area is 116 Å². The van der Waals surface area contributed by atoms with E-state index in [1.807, 2.05) is 6.92 Å². The first-order valence-corrected chi connectivity index (χ1v) is 7.56. The van der Waals surface area contributed by atoms with Crippen LogP contribution in [0.2, 0.25) is 0 Å². The van der Waals surface area contributed by atoms with Crippen molar-refractivity contribution in [2.24, 2.45) is 5.73 Å². The van der Waals surface area contributed by atoms with Gasteiger partial charge in [-0.3, -0.25) is 0 Å². The van der Waals surface area contributed by atoms with E-state index in [0.717, 1.165) is 30.3 Å². The lowest BCUT2D eigenvalue weighted by Gasteiger charge is -2.35. The normalized spacial score (nSPS) is 16.6. The molecule has 2 N–H and O–H groups in total. The number of anilines is 1. The molecule has 0 unspecified atom stereocenters. The molecule has 0 bridgehead atoms. The van der Waals surface area contributed by atoms with Gasteiger partial charge in [-0.15, -0.1) is 0 Å². The molecular weight excluding hydrogens is 236 g/mol. The Balaban J connectivity index is 2.24. The summed E-state index contributed by atoms with van der Waals surface area (Å²) in [5.41, 5.74) is 6.92. The van der Waals surface area contributed by atoms with E-state index in [1.54, 1.807) is 0 Å². The number of nitrogens with two attached hydrogens (primary N) is 1. The van der Waals surface area contributed by atoms with E-state index < -0.39 is 0 Å². The first kappa shape index (κ1) is 14.3. The zero-order valence-corrected chi connectivity index (χ0v) is 12.2. The average molecular weight is 262 g/mol. The fourth-order valence-electron chi connectivity index (χ4n) is 2.96. The Bertz CT molecular complexity index is 399. The van der Waals surface area contributed by atoms with Crippen molar-refractivity contribution in [3.8, 4) is 0 Å². The van der Waals surface area contributed by atoms with Crippen molar-refractivity contribution in [3.63, 3.8) is 0 Å². The molecule has 106 valence electrons. The maximum Gasteiger partial charge on any atom is 0.132 e. The van der Waals surface area contributed by atoms with Crippen LogP contribution in [0.1, 0.15) is 50.5 Å². The summed E-state index contributed by atoms with van der Waals surface area (Å²) in [6.45, 7) is 5.69. The summed E-state index contributed by atoms with van der Waals surface area (Å²) in [5.74, 6) is 1.94. The molecule has 0 amide bonds. The number of aromatic nitrogens is 2. The highest BCUT2D eigenvalue weighted by Gasteiger charge is 2.22. The minimum atomic E-state index is 0.608. The van der Waals surface area contributed by atoms with Gasteiger partial charge in [0, 0.05) is 30.9 Å². The van der Waals surface area contributed by atoms with Crippen molar-refractivity contribution in [2.45, 2.75) is 58.4 Å². The summed E-state index contributed by atoms with van der Waals surface area (Å²) < 4.78 is 0. The van der Waals surface area contributed by atoms with Gasteiger partial charge >= 0.3 is 0 Å². The van der Waals surface area contributed by atoms with Gasteiger partial charge in [-0.1, -0.05) is 26.2 Å². The monoisotopic (exact) mass is 262 g/mol. The van der Waals surface area contributed by atoms with E-state index in [0.29, 0.717) is 12.6 Å². The molecule has 2 rings (SSSR count). The Morgan fingerprint density at radius 3 is 2.63 bits per heavy atom. The second-order valence-electron chi connectivity index (χ2n) is 5.39. The molecule has 1 heterocycles. The minimum Gasteiger partial charge on any atom is -0.352 e. The van der Waals surface area contributed by atoms with Crippen LogP contribution in [-0.2, 0) is 6.42 Å². The fourth-order valence-corrected chi connectivity index (χ4v) is 2.96. The SMILES string of the molecule is CCc1cc(N(CCN)C2CCCCC2)nc(C)n1. The largest absolute Gasteiger partial charge is 0.352 e. The predicted molar refractivity (Wildman–Crippen MR) is 79.4 cm³/mol. The molecule has 4 heteroatoms. The Kier molecular flexibility index (Phi) is 5.14. The van der Waals surface area contributed by atoms with Gasteiger partial charge in [-0.25, -0.2) is 9.97 Å². The highest BCUT2D eigenvalue weighted by molar-refractivity contribution is 5.41. The van der Waals surface area contributed by atoms with Crippen LogP contribution in [0.25, 0.3) is 0 Å². The molecule has 1 fully saturated rings. The molecule has 0 spiro atoms. The lowest BCUT2D eigenvalue weighted by Crippen LogP contribution is -2.40. The highest BCUT2D eigenvalue weighted by Crippen LogP contribution is 2.26. The summed E-state index contributed by atoms with van der Waals surface area (Å²) in [6, 6.07) is 2.74. The van der Waals surface area contributed by atoms with E-state index in [4.69, 9.17) is 5.73 Å². The third kappa shape index (κ3) is 3.66. The molecule has 1 aromatic rings. The van der Waals surface area contributed by atoms with Gasteiger partial charge in [0.1, 0.15) is 11.6 Å². The van der Waals surface area contributed by atoms with Gasteiger partial charge in [0.05, 0.1) is 0 Å². The number of aryl methyl sites for hydroxylation is 2. The van der Waals surface area contributed by atoms with Crippen molar-refractivity contribution in [1.82, 2.24) is 9.97 Å². The second kappa shape index (κ2) is 6.85. The van der Waals surface area contributed by atoms with Crippen LogP contribution in [0, 0.1) is 6.92 Å². The molecule has 1 aromatic heterocycles. The lowest BCUT2D eigenvalue weighted by atomic mass is 9.94. The average Bonchev–Trinajstić information content (AvgIpc) is 2.45. The molecular formula is C15H26N4. The molecule has 1 aliphatic carbocycles. The third-order valence-electron chi connectivity index (χ3n) is 3.92. The van der Waals surface area contributed by atoms with Gasteiger partial charge in [0.15, 0.2) is 0 Å². The summed E-state index contributed by atoms with van der Waals surface area (Å²) in [7, 11) is 0. The van der Waals surface area contributed by atoms with E-state index in [1.165, 1.54) is 32.1 Å². The van der Waals surface area contributed by atoms with Crippen LogP contribution in [0.3, 0.4) is 0 Å². The van der Waals surface area contributed by atoms with Crippen molar-refractivity contribution in [1.29, 1.82) is 0 Å². The Hall–Kier alpha value is -1.16. The van der Waals surface area contributed by atoms with Gasteiger partial charge in [-0.05, 0) is 26.2 Å². The summed E-state index contributed by atoms with van der Waals surface area (Å²) in [5, 5.41) is 0. The number of nitrogens with zero attached hydrogens (tertiary/aromatic N) is 3. The number of rotatable bonds is 5. The van der Waals surface area contributed by atoms with Gasteiger partial charge < -0.3 is 10.6 Å². The molecule has 0 radical (unpaired) electrons. The molecule has 1 aliphatic rings. The van der Waals surface area contributed by atoms with Crippen molar-refractivity contribution >= 4 is 5.82 Å². The smallest absolute Gasteiger partial charge is 0.132 e. The summed E-state index contributed by atoms with van der Waals surface area (Å²) in [4.78, 5) is 11.5. The van der Waals surface area contributed by atoms with Crippen LogP contribution in [-0.4, -0.2) is 29.1 Å². The van der Waals surface area contributed by atoms with Gasteiger partial charge in [0.2, 0.25) is 0 Å². The molecule has 19 heavy (non-hydrogen) atoms. The van der Waals surface area contributed by atoms with Crippen LogP contribution in [0.15, 0.2) is 6.07 Å². The van der Waals surface area contributed by atoms with Crippen LogP contribution >= 0.6 is 0 Å². The van der Waals surface area contributed by atoms with Gasteiger partial charge in [0.25, 0.3) is 0 Å². The van der Waals surface area contributed by atoms with Crippen molar-refractivity contribution in [3.05, 3.63) is 17.6 Å². The van der Waals surface area contributed by atoms with Gasteiger partial charge in [-0.2, -0.15) is 0 Å². The number of hydrogen-bond acceptors (Lipinski definition) is 4. The molecule has 4 nitrogen and oxygen atoms in total. The van der Waals surface area contributed by atoms with Crippen LogP contribution in [0.5, 0.6) is 0 Å². The van der Waals surface area contributed by atoms with E-state index in [-0.39, 0.29) is 0 Å². The van der Waals surface area contributed by atoms with Crippen LogP contribution in [0.4, 0.5) is 5.82 Å². The maximum absolute atomic E-state index is 5.80. The molecule has 0 saturated heterocycles. The zero-order chi connectivity index (χ0) is 13.7. The Morgan fingerprint density at radius 1 is 1.26 bits per heavy atom. The standard InChI is InChI=1S/C15H26N4/c1-3-13-11-15(18-12(2)17-13)19(10-9-16)14-7-5-4-6-8-14/h11,14H,3-10,16H2,1-2H3. The predicted octanol–water partition coefficient (Wildman–Crippen LogP) is 2.45. The quantitative estimate of drug-likeness (QED) is 0.885. The minimum absolute atomic E-state index is 0.608. The Morgan fingerprint density at radius 2 is 2.00 bits per heavy atom. The molecule has 0 aliphatic heterocycles. The first-order chi connectivity index (χ1) is 9.24. The maximum atomic E-state index is 5.80. The topological polar surface area (TPSA) is 55.0 Å². The first-order valence-electron chi connectivity index (χ1n) is 7.56. The second-order valence-corrected chi connectivity index (χ2v) is 5.39. The summed E-state index contributed by atoms with van der Waals surface area (Å²) >= 11 is 0. The van der Waals surface area contributed by atoms with E-state index in [2.05, 4.69) is 27.9 Å². The molecule has 0 aromatic carbocycles.